The van der Waals surface area contributed by atoms with Crippen molar-refractivity contribution in [1.82, 2.24) is 0 Å². The molecule has 1 aromatic rings. The van der Waals surface area contributed by atoms with E-state index in [1.165, 1.54) is 7.11 Å². The van der Waals surface area contributed by atoms with Gasteiger partial charge in [-0.05, 0) is 30.2 Å². The van der Waals surface area contributed by atoms with E-state index in [4.69, 9.17) is 0 Å². The van der Waals surface area contributed by atoms with Crippen LogP contribution in [-0.2, 0) is 21.4 Å². The van der Waals surface area contributed by atoms with Gasteiger partial charge in [-0.3, -0.25) is 4.79 Å². The lowest BCUT2D eigenvalue weighted by atomic mass is 9.79. The molecule has 1 unspecified atom stereocenters. The summed E-state index contributed by atoms with van der Waals surface area (Å²) in [6.45, 7) is 1.78. The van der Waals surface area contributed by atoms with Crippen LogP contribution >= 0.6 is 0 Å². The van der Waals surface area contributed by atoms with Gasteiger partial charge < -0.3 is 9.84 Å². The molecule has 0 saturated carbocycles. The first kappa shape index (κ1) is 13.8. The second-order valence-electron chi connectivity index (χ2n) is 5.18. The summed E-state index contributed by atoms with van der Waals surface area (Å²) in [7, 11) is 1.29. The lowest BCUT2D eigenvalue weighted by molar-refractivity contribution is -0.141. The number of hydrogen-bond acceptors (Lipinski definition) is 3. The third-order valence-electron chi connectivity index (χ3n) is 3.94. The number of carbonyl (C=O) groups excluding carboxylic acids is 1. The van der Waals surface area contributed by atoms with Crippen LogP contribution in [0.15, 0.2) is 6.07 Å². The highest BCUT2D eigenvalue weighted by Gasteiger charge is 2.40. The monoisotopic (exact) mass is 270 g/mol. The number of hydrogen-bond donors (Lipinski definition) is 1. The fourth-order valence-corrected chi connectivity index (χ4v) is 2.78. The van der Waals surface area contributed by atoms with Gasteiger partial charge in [0.15, 0.2) is 11.6 Å². The number of methoxy groups -OCH3 is 1. The lowest BCUT2D eigenvalue weighted by Crippen LogP contribution is -2.21. The molecule has 0 fully saturated rings. The zero-order valence-electron chi connectivity index (χ0n) is 10.9. The average Bonchev–Trinajstić information content (AvgIpc) is 2.72. The second kappa shape index (κ2) is 4.79. The van der Waals surface area contributed by atoms with E-state index < -0.39 is 22.8 Å². The standard InChI is InChI=1S/C14H16F2O3/c1-14(6-4-11(18)19-2)5-3-8-9(15)7-10(17)13(16)12(8)14/h7,17H,3-6H2,1-2H3. The molecule has 1 atom stereocenters. The first-order valence-corrected chi connectivity index (χ1v) is 6.16. The van der Waals surface area contributed by atoms with Crippen molar-refractivity contribution >= 4 is 5.97 Å². The van der Waals surface area contributed by atoms with Crippen LogP contribution in [-0.4, -0.2) is 18.2 Å². The smallest absolute Gasteiger partial charge is 0.305 e. The van der Waals surface area contributed by atoms with E-state index in [9.17, 15) is 18.7 Å². The number of ether oxygens (including phenoxy) is 1. The van der Waals surface area contributed by atoms with Crippen LogP contribution in [0.2, 0.25) is 0 Å². The molecule has 0 saturated heterocycles. The van der Waals surface area contributed by atoms with Gasteiger partial charge in [-0.25, -0.2) is 8.78 Å². The van der Waals surface area contributed by atoms with E-state index in [1.54, 1.807) is 6.92 Å². The Bertz CT molecular complexity index is 528. The van der Waals surface area contributed by atoms with E-state index in [0.717, 1.165) is 6.07 Å². The minimum atomic E-state index is -0.777. The normalized spacial score (nSPS) is 21.3. The lowest BCUT2D eigenvalue weighted by Gasteiger charge is -2.25. The number of aromatic hydroxyl groups is 1. The molecule has 0 amide bonds. The van der Waals surface area contributed by atoms with Crippen LogP contribution < -0.4 is 0 Å². The summed E-state index contributed by atoms with van der Waals surface area (Å²) in [5, 5.41) is 9.41. The van der Waals surface area contributed by atoms with Gasteiger partial charge in [0.2, 0.25) is 0 Å². The van der Waals surface area contributed by atoms with E-state index >= 15 is 0 Å². The Hall–Kier alpha value is -1.65. The maximum Gasteiger partial charge on any atom is 0.305 e. The number of phenols is 1. The Morgan fingerprint density at radius 1 is 1.53 bits per heavy atom. The minimum absolute atomic E-state index is 0.142. The largest absolute Gasteiger partial charge is 0.505 e. The fourth-order valence-electron chi connectivity index (χ4n) is 2.78. The molecule has 5 heteroatoms. The van der Waals surface area contributed by atoms with Crippen molar-refractivity contribution < 1.29 is 23.4 Å². The average molecular weight is 270 g/mol. The summed E-state index contributed by atoms with van der Waals surface area (Å²) in [5.41, 5.74) is -0.135. The highest BCUT2D eigenvalue weighted by Crippen LogP contribution is 2.46. The van der Waals surface area contributed by atoms with Gasteiger partial charge in [0.05, 0.1) is 7.11 Å². The number of halogens is 2. The molecule has 19 heavy (non-hydrogen) atoms. The van der Waals surface area contributed by atoms with Crippen molar-refractivity contribution in [2.75, 3.05) is 7.11 Å². The summed E-state index contributed by atoms with van der Waals surface area (Å²) in [4.78, 5) is 11.2. The van der Waals surface area contributed by atoms with Gasteiger partial charge in [0, 0.05) is 18.1 Å². The minimum Gasteiger partial charge on any atom is -0.505 e. The Morgan fingerprint density at radius 3 is 2.84 bits per heavy atom. The SMILES string of the molecule is COC(=O)CCC1(C)CCc2c(F)cc(O)c(F)c21. The highest BCUT2D eigenvalue weighted by molar-refractivity contribution is 5.69. The van der Waals surface area contributed by atoms with Crippen molar-refractivity contribution in [3.05, 3.63) is 28.8 Å². The van der Waals surface area contributed by atoms with E-state index in [0.29, 0.717) is 24.8 Å². The van der Waals surface area contributed by atoms with Gasteiger partial charge in [0.1, 0.15) is 5.82 Å². The van der Waals surface area contributed by atoms with Crippen LogP contribution in [0.1, 0.15) is 37.3 Å². The van der Waals surface area contributed by atoms with Gasteiger partial charge in [-0.1, -0.05) is 6.92 Å². The van der Waals surface area contributed by atoms with E-state index in [2.05, 4.69) is 4.74 Å². The second-order valence-corrected chi connectivity index (χ2v) is 5.18. The Balaban J connectivity index is 2.37. The quantitative estimate of drug-likeness (QED) is 0.859. The van der Waals surface area contributed by atoms with Crippen molar-refractivity contribution in [2.45, 2.75) is 38.0 Å². The van der Waals surface area contributed by atoms with Crippen LogP contribution in [0, 0.1) is 11.6 Å². The molecule has 0 heterocycles. The molecule has 0 aromatic heterocycles. The molecule has 1 aliphatic rings. The molecular formula is C14H16F2O3. The van der Waals surface area contributed by atoms with Crippen LogP contribution in [0.4, 0.5) is 8.78 Å². The first-order chi connectivity index (χ1) is 8.89. The number of phenolic OH excluding ortho intramolecular Hbond substituents is 1. The van der Waals surface area contributed by atoms with E-state index in [1.807, 2.05) is 0 Å². The zero-order valence-corrected chi connectivity index (χ0v) is 10.9. The number of benzene rings is 1. The Kier molecular flexibility index (Phi) is 3.47. The predicted octanol–water partition coefficient (Wildman–Crippen LogP) is 2.83. The highest BCUT2D eigenvalue weighted by atomic mass is 19.1. The molecule has 0 spiro atoms. The molecule has 2 rings (SSSR count). The maximum atomic E-state index is 14.1. The summed E-state index contributed by atoms with van der Waals surface area (Å²) in [6, 6.07) is 0.806. The van der Waals surface area contributed by atoms with E-state index in [-0.39, 0.29) is 18.0 Å². The number of rotatable bonds is 3. The third-order valence-corrected chi connectivity index (χ3v) is 3.94. The molecule has 0 bridgehead atoms. The Morgan fingerprint density at radius 2 is 2.21 bits per heavy atom. The fraction of sp³-hybridized carbons (Fsp3) is 0.500. The molecule has 1 N–H and O–H groups in total. The summed E-state index contributed by atoms with van der Waals surface area (Å²) >= 11 is 0. The molecular weight excluding hydrogens is 254 g/mol. The third kappa shape index (κ3) is 2.29. The van der Waals surface area contributed by atoms with Gasteiger partial charge in [-0.15, -0.1) is 0 Å². The number of carbonyl (C=O) groups is 1. The van der Waals surface area contributed by atoms with Crippen molar-refractivity contribution in [3.8, 4) is 5.75 Å². The van der Waals surface area contributed by atoms with Crippen LogP contribution in [0.25, 0.3) is 0 Å². The van der Waals surface area contributed by atoms with Gasteiger partial charge in [0.25, 0.3) is 0 Å². The molecule has 0 aliphatic heterocycles. The summed E-state index contributed by atoms with van der Waals surface area (Å²) in [5.74, 6) is -2.42. The van der Waals surface area contributed by atoms with Crippen LogP contribution in [0.3, 0.4) is 0 Å². The summed E-state index contributed by atoms with van der Waals surface area (Å²) in [6.07, 6.45) is 1.47. The van der Waals surface area contributed by atoms with Crippen LogP contribution in [0.5, 0.6) is 5.75 Å². The topological polar surface area (TPSA) is 46.5 Å². The number of fused-ring (bicyclic) bond motifs is 1. The van der Waals surface area contributed by atoms with Crippen molar-refractivity contribution in [3.63, 3.8) is 0 Å². The summed E-state index contributed by atoms with van der Waals surface area (Å²) < 4.78 is 32.3. The molecule has 0 radical (unpaired) electrons. The first-order valence-electron chi connectivity index (χ1n) is 6.16. The maximum absolute atomic E-state index is 14.1. The van der Waals surface area contributed by atoms with Gasteiger partial charge >= 0.3 is 5.97 Å². The predicted molar refractivity (Wildman–Crippen MR) is 64.9 cm³/mol. The van der Waals surface area contributed by atoms with Crippen molar-refractivity contribution in [2.24, 2.45) is 0 Å². The van der Waals surface area contributed by atoms with Gasteiger partial charge in [-0.2, -0.15) is 0 Å². The molecule has 104 valence electrons. The molecule has 1 aromatic carbocycles. The molecule has 3 nitrogen and oxygen atoms in total. The Labute approximate surface area is 110 Å². The number of esters is 1. The molecule has 1 aliphatic carbocycles. The van der Waals surface area contributed by atoms with Crippen molar-refractivity contribution in [1.29, 1.82) is 0 Å². The zero-order chi connectivity index (χ0) is 14.2.